The van der Waals surface area contributed by atoms with Gasteiger partial charge in [-0.15, -0.1) is 0 Å². The molecule has 1 fully saturated rings. The number of aliphatic hydroxyl groups is 1. The van der Waals surface area contributed by atoms with Gasteiger partial charge in [-0.2, -0.15) is 13.2 Å². The van der Waals surface area contributed by atoms with Crippen LogP contribution in [0.2, 0.25) is 0 Å². The zero-order valence-electron chi connectivity index (χ0n) is 10.3. The zero-order valence-corrected chi connectivity index (χ0v) is 10.3. The van der Waals surface area contributed by atoms with Crippen LogP contribution in [-0.2, 0) is 9.53 Å². The number of halogens is 3. The molecule has 1 amide bonds. The molecule has 1 aliphatic heterocycles. The molecule has 0 bridgehead atoms. The summed E-state index contributed by atoms with van der Waals surface area (Å²) in [6.07, 6.45) is -4.87. The summed E-state index contributed by atoms with van der Waals surface area (Å²) in [5, 5.41) is 9.55. The van der Waals surface area contributed by atoms with Gasteiger partial charge in [-0.1, -0.05) is 0 Å². The van der Waals surface area contributed by atoms with Crippen molar-refractivity contribution < 1.29 is 27.8 Å². The molecule has 4 nitrogen and oxygen atoms in total. The molecule has 0 aromatic heterocycles. The second-order valence-corrected chi connectivity index (χ2v) is 4.40. The molecule has 18 heavy (non-hydrogen) atoms. The van der Waals surface area contributed by atoms with Gasteiger partial charge in [0.15, 0.2) is 5.60 Å². The number of likely N-dealkylation sites (tertiary alicyclic amines) is 1. The molecule has 1 rings (SSSR count). The largest absolute Gasteiger partial charge is 0.418 e. The van der Waals surface area contributed by atoms with Crippen molar-refractivity contribution in [2.24, 2.45) is 0 Å². The highest BCUT2D eigenvalue weighted by molar-refractivity contribution is 5.76. The van der Waals surface area contributed by atoms with Crippen LogP contribution in [0.15, 0.2) is 0 Å². The van der Waals surface area contributed by atoms with Gasteiger partial charge in [-0.3, -0.25) is 4.79 Å². The molecule has 106 valence electrons. The van der Waals surface area contributed by atoms with E-state index in [2.05, 4.69) is 0 Å². The molecule has 1 heterocycles. The summed E-state index contributed by atoms with van der Waals surface area (Å²) in [4.78, 5) is 12.7. The summed E-state index contributed by atoms with van der Waals surface area (Å²) >= 11 is 0. The Bertz CT molecular complexity index is 296. The van der Waals surface area contributed by atoms with Crippen molar-refractivity contribution in [1.29, 1.82) is 0 Å². The van der Waals surface area contributed by atoms with E-state index in [1.165, 1.54) is 0 Å². The Kier molecular flexibility index (Phi) is 4.98. The highest BCUT2D eigenvalue weighted by Crippen LogP contribution is 2.37. The van der Waals surface area contributed by atoms with Crippen molar-refractivity contribution in [2.45, 2.75) is 38.0 Å². The first-order valence-electron chi connectivity index (χ1n) is 5.95. The maximum absolute atomic E-state index is 12.7. The van der Waals surface area contributed by atoms with E-state index in [9.17, 15) is 23.1 Å². The molecule has 0 radical (unpaired) electrons. The maximum Gasteiger partial charge on any atom is 0.418 e. The molecule has 0 saturated carbocycles. The Hall–Kier alpha value is -0.820. The lowest BCUT2D eigenvalue weighted by Gasteiger charge is -2.40. The van der Waals surface area contributed by atoms with Crippen molar-refractivity contribution in [1.82, 2.24) is 4.90 Å². The Morgan fingerprint density at radius 1 is 1.50 bits per heavy atom. The van der Waals surface area contributed by atoms with E-state index in [1.807, 2.05) is 0 Å². The van der Waals surface area contributed by atoms with Crippen LogP contribution in [-0.4, -0.2) is 54.0 Å². The molecule has 0 aromatic rings. The minimum absolute atomic E-state index is 0.0434. The Balaban J connectivity index is 2.56. The predicted octanol–water partition coefficient (Wildman–Crippen LogP) is 1.33. The van der Waals surface area contributed by atoms with Gasteiger partial charge in [-0.05, 0) is 19.8 Å². The Morgan fingerprint density at radius 3 is 2.72 bits per heavy atom. The van der Waals surface area contributed by atoms with Crippen molar-refractivity contribution in [2.75, 3.05) is 26.3 Å². The molecule has 0 spiro atoms. The van der Waals surface area contributed by atoms with Gasteiger partial charge < -0.3 is 14.7 Å². The van der Waals surface area contributed by atoms with Gasteiger partial charge in [0, 0.05) is 13.2 Å². The summed E-state index contributed by atoms with van der Waals surface area (Å²) in [6, 6.07) is 0. The topological polar surface area (TPSA) is 49.8 Å². The molecule has 1 atom stereocenters. The van der Waals surface area contributed by atoms with E-state index in [0.29, 0.717) is 6.61 Å². The van der Waals surface area contributed by atoms with E-state index < -0.39 is 24.2 Å². The SMILES string of the molecule is CCOCCC(=O)N1CCC[C@@](O)(C(F)(F)F)C1. The lowest BCUT2D eigenvalue weighted by atomic mass is 9.92. The van der Waals surface area contributed by atoms with Gasteiger partial charge in [0.25, 0.3) is 0 Å². The number of β-amino-alcohol motifs (C(OH)–C–C–N with tert-alkyl or cyclic N) is 1. The van der Waals surface area contributed by atoms with Crippen LogP contribution in [0.1, 0.15) is 26.2 Å². The number of ether oxygens (including phenoxy) is 1. The zero-order chi connectivity index (χ0) is 13.8. The number of alkyl halides is 3. The number of hydrogen-bond donors (Lipinski definition) is 1. The van der Waals surface area contributed by atoms with Crippen LogP contribution in [0.25, 0.3) is 0 Å². The minimum Gasteiger partial charge on any atom is -0.381 e. The van der Waals surface area contributed by atoms with Crippen LogP contribution in [0.5, 0.6) is 0 Å². The molecule has 7 heteroatoms. The molecular weight excluding hydrogens is 251 g/mol. The summed E-state index contributed by atoms with van der Waals surface area (Å²) < 4.78 is 43.0. The molecule has 1 saturated heterocycles. The lowest BCUT2D eigenvalue weighted by molar-refractivity contribution is -0.272. The van der Waals surface area contributed by atoms with Crippen LogP contribution < -0.4 is 0 Å². The number of amides is 1. The van der Waals surface area contributed by atoms with Crippen LogP contribution in [0, 0.1) is 0 Å². The van der Waals surface area contributed by atoms with Gasteiger partial charge in [0.1, 0.15) is 0 Å². The molecule has 1 aliphatic rings. The van der Waals surface area contributed by atoms with Crippen molar-refractivity contribution in [3.63, 3.8) is 0 Å². The Morgan fingerprint density at radius 2 is 2.17 bits per heavy atom. The van der Waals surface area contributed by atoms with Gasteiger partial charge in [0.2, 0.25) is 5.91 Å². The van der Waals surface area contributed by atoms with Crippen LogP contribution in [0.3, 0.4) is 0 Å². The minimum atomic E-state index is -4.70. The predicted molar refractivity (Wildman–Crippen MR) is 57.9 cm³/mol. The Labute approximate surface area is 104 Å². The second kappa shape index (κ2) is 5.88. The van der Waals surface area contributed by atoms with Crippen molar-refractivity contribution in [3.8, 4) is 0 Å². The standard InChI is InChI=1S/C11H18F3NO3/c1-2-18-7-4-9(16)15-6-3-5-10(17,8-15)11(12,13)14/h17H,2-8H2,1H3/t10-/m0/s1. The molecule has 0 aromatic carbocycles. The average molecular weight is 269 g/mol. The van der Waals surface area contributed by atoms with Crippen LogP contribution in [0.4, 0.5) is 13.2 Å². The average Bonchev–Trinajstić information content (AvgIpc) is 2.28. The normalized spacial score (nSPS) is 25.3. The number of rotatable bonds is 4. The lowest BCUT2D eigenvalue weighted by Crippen LogP contribution is -2.58. The van der Waals surface area contributed by atoms with E-state index in [1.54, 1.807) is 6.92 Å². The van der Waals surface area contributed by atoms with Crippen molar-refractivity contribution in [3.05, 3.63) is 0 Å². The third kappa shape index (κ3) is 3.58. The van der Waals surface area contributed by atoms with Gasteiger partial charge in [-0.25, -0.2) is 0 Å². The fourth-order valence-electron chi connectivity index (χ4n) is 1.94. The number of hydrogen-bond acceptors (Lipinski definition) is 3. The summed E-state index contributed by atoms with van der Waals surface area (Å²) in [7, 11) is 0. The number of piperidine rings is 1. The van der Waals surface area contributed by atoms with E-state index in [-0.39, 0.29) is 32.4 Å². The molecule has 0 unspecified atom stereocenters. The van der Waals surface area contributed by atoms with Gasteiger partial charge in [0.05, 0.1) is 19.6 Å². The molecular formula is C11H18F3NO3. The highest BCUT2D eigenvalue weighted by atomic mass is 19.4. The van der Waals surface area contributed by atoms with E-state index in [4.69, 9.17) is 4.74 Å². The van der Waals surface area contributed by atoms with Gasteiger partial charge >= 0.3 is 6.18 Å². The third-order valence-electron chi connectivity index (χ3n) is 3.02. The first kappa shape index (κ1) is 15.2. The monoisotopic (exact) mass is 269 g/mol. The summed E-state index contributed by atoms with van der Waals surface area (Å²) in [6.45, 7) is 1.99. The smallest absolute Gasteiger partial charge is 0.381 e. The number of carbonyl (C=O) groups is 1. The van der Waals surface area contributed by atoms with E-state index in [0.717, 1.165) is 4.90 Å². The first-order chi connectivity index (χ1) is 8.30. The number of nitrogens with zero attached hydrogens (tertiary/aromatic N) is 1. The summed E-state index contributed by atoms with van der Waals surface area (Å²) in [5.74, 6) is -0.411. The maximum atomic E-state index is 12.7. The fourth-order valence-corrected chi connectivity index (χ4v) is 1.94. The number of carbonyl (C=O) groups excluding carboxylic acids is 1. The van der Waals surface area contributed by atoms with Crippen LogP contribution >= 0.6 is 0 Å². The van der Waals surface area contributed by atoms with E-state index >= 15 is 0 Å². The van der Waals surface area contributed by atoms with Crippen molar-refractivity contribution >= 4 is 5.91 Å². The summed E-state index contributed by atoms with van der Waals surface area (Å²) in [5.41, 5.74) is -2.77. The second-order valence-electron chi connectivity index (χ2n) is 4.40. The first-order valence-corrected chi connectivity index (χ1v) is 5.95. The molecule has 1 N–H and O–H groups in total. The molecule has 0 aliphatic carbocycles. The third-order valence-corrected chi connectivity index (χ3v) is 3.02. The quantitative estimate of drug-likeness (QED) is 0.783. The highest BCUT2D eigenvalue weighted by Gasteiger charge is 2.55. The fraction of sp³-hybridized carbons (Fsp3) is 0.909.